The number of anilines is 1. The molecule has 1 aromatic heterocycles. The molecule has 162 valence electrons. The van der Waals surface area contributed by atoms with Gasteiger partial charge in [0.25, 0.3) is 5.91 Å². The molecule has 0 unspecified atom stereocenters. The van der Waals surface area contributed by atoms with Crippen molar-refractivity contribution in [1.82, 2.24) is 19.4 Å². The molecule has 2 N–H and O–H groups in total. The first kappa shape index (κ1) is 20.9. The lowest BCUT2D eigenvalue weighted by Gasteiger charge is -2.38. The minimum absolute atomic E-state index is 0.0264. The molecular formula is C21H29N5O3S. The lowest BCUT2D eigenvalue weighted by atomic mass is 9.92. The van der Waals surface area contributed by atoms with Crippen molar-refractivity contribution >= 4 is 21.6 Å². The molecule has 0 saturated carbocycles. The molecule has 2 aliphatic heterocycles. The number of para-hydroxylation sites is 1. The second-order valence-electron chi connectivity index (χ2n) is 9.16. The second kappa shape index (κ2) is 7.39. The van der Waals surface area contributed by atoms with Crippen molar-refractivity contribution < 1.29 is 13.2 Å². The maximum atomic E-state index is 13.0. The lowest BCUT2D eigenvalue weighted by molar-refractivity contribution is 0.0668. The van der Waals surface area contributed by atoms with E-state index in [9.17, 15) is 13.2 Å². The molecule has 1 aromatic carbocycles. The summed E-state index contributed by atoms with van der Waals surface area (Å²) in [4.78, 5) is 15.2. The molecule has 0 bridgehead atoms. The fourth-order valence-electron chi connectivity index (χ4n) is 4.09. The van der Waals surface area contributed by atoms with E-state index >= 15 is 0 Å². The number of carbonyl (C=O) groups is 1. The number of sulfonamides is 1. The van der Waals surface area contributed by atoms with Crippen LogP contribution in [-0.4, -0.2) is 48.3 Å². The number of fused-ring (bicyclic) bond motifs is 1. The Kier molecular flexibility index (Phi) is 5.14. The predicted molar refractivity (Wildman–Crippen MR) is 115 cm³/mol. The summed E-state index contributed by atoms with van der Waals surface area (Å²) in [6.45, 7) is 7.39. The van der Waals surface area contributed by atoms with Gasteiger partial charge in [-0.1, -0.05) is 32.9 Å². The molecule has 8 nitrogen and oxygen atoms in total. The Morgan fingerprint density at radius 3 is 2.47 bits per heavy atom. The van der Waals surface area contributed by atoms with Gasteiger partial charge >= 0.3 is 0 Å². The third-order valence-electron chi connectivity index (χ3n) is 5.94. The minimum Gasteiger partial charge on any atom is -0.368 e. The minimum atomic E-state index is -3.53. The van der Waals surface area contributed by atoms with Crippen LogP contribution in [0.3, 0.4) is 0 Å². The fourth-order valence-corrected chi connectivity index (χ4v) is 5.48. The van der Waals surface area contributed by atoms with E-state index in [0.29, 0.717) is 24.5 Å². The Labute approximate surface area is 177 Å². The van der Waals surface area contributed by atoms with Crippen molar-refractivity contribution in [2.24, 2.45) is 13.0 Å². The molecule has 1 fully saturated rings. The highest BCUT2D eigenvalue weighted by Crippen LogP contribution is 2.31. The summed E-state index contributed by atoms with van der Waals surface area (Å²) in [7, 11) is -1.74. The van der Waals surface area contributed by atoms with Crippen LogP contribution in [0.25, 0.3) is 0 Å². The number of amides is 1. The van der Waals surface area contributed by atoms with Crippen LogP contribution >= 0.6 is 0 Å². The van der Waals surface area contributed by atoms with E-state index in [2.05, 4.69) is 35.9 Å². The summed E-state index contributed by atoms with van der Waals surface area (Å²) in [6, 6.07) is 8.80. The second-order valence-corrected chi connectivity index (χ2v) is 10.8. The van der Waals surface area contributed by atoms with Crippen molar-refractivity contribution in [2.75, 3.05) is 18.4 Å². The zero-order chi connectivity index (χ0) is 21.7. The normalized spacial score (nSPS) is 21.7. The van der Waals surface area contributed by atoms with E-state index in [1.165, 1.54) is 0 Å². The molecular weight excluding hydrogens is 402 g/mol. The fraction of sp³-hybridized carbons (Fsp3) is 0.524. The van der Waals surface area contributed by atoms with E-state index in [1.807, 2.05) is 17.0 Å². The van der Waals surface area contributed by atoms with Gasteiger partial charge < -0.3 is 10.2 Å². The zero-order valence-electron chi connectivity index (χ0n) is 17.8. The van der Waals surface area contributed by atoms with Gasteiger partial charge in [-0.2, -0.15) is 9.82 Å². The number of likely N-dealkylation sites (tertiary alicyclic amines) is 1. The summed E-state index contributed by atoms with van der Waals surface area (Å²) in [5.74, 6) is 0.0790. The molecule has 0 aliphatic carbocycles. The highest BCUT2D eigenvalue weighted by Gasteiger charge is 2.36. The van der Waals surface area contributed by atoms with Crippen molar-refractivity contribution in [3.05, 3.63) is 41.7 Å². The van der Waals surface area contributed by atoms with Gasteiger partial charge in [-0.05, 0) is 37.0 Å². The molecule has 2 aromatic rings. The van der Waals surface area contributed by atoms with Crippen molar-refractivity contribution in [1.29, 1.82) is 0 Å². The molecule has 9 heteroatoms. The highest BCUT2D eigenvalue weighted by molar-refractivity contribution is 7.89. The van der Waals surface area contributed by atoms with Crippen LogP contribution in [0.5, 0.6) is 0 Å². The average molecular weight is 432 g/mol. The van der Waals surface area contributed by atoms with E-state index in [4.69, 9.17) is 0 Å². The third-order valence-corrected chi connectivity index (χ3v) is 7.43. The topological polar surface area (TPSA) is 96.3 Å². The van der Waals surface area contributed by atoms with Crippen molar-refractivity contribution in [3.63, 3.8) is 0 Å². The van der Waals surface area contributed by atoms with Gasteiger partial charge in [-0.25, -0.2) is 8.42 Å². The van der Waals surface area contributed by atoms with Gasteiger partial charge in [0.15, 0.2) is 0 Å². The van der Waals surface area contributed by atoms with Crippen LogP contribution in [0.15, 0.2) is 35.2 Å². The van der Waals surface area contributed by atoms with E-state index in [1.54, 1.807) is 29.9 Å². The first-order valence-corrected chi connectivity index (χ1v) is 11.8. The Hall–Kier alpha value is -2.39. The molecule has 0 radical (unpaired) electrons. The maximum absolute atomic E-state index is 13.0. The molecule has 1 atom stereocenters. The van der Waals surface area contributed by atoms with Gasteiger partial charge in [0.1, 0.15) is 10.6 Å². The Morgan fingerprint density at radius 2 is 1.83 bits per heavy atom. The van der Waals surface area contributed by atoms with Crippen LogP contribution < -0.4 is 10.0 Å². The largest absolute Gasteiger partial charge is 0.368 e. The SMILES string of the molecule is Cn1nc(C(C)(C)C)cc1C(=O)N1CCC([C@H]2Nc3ccccc3S(=O)(=O)N2)CC1. The van der Waals surface area contributed by atoms with E-state index < -0.39 is 10.0 Å². The monoisotopic (exact) mass is 431 g/mol. The molecule has 4 rings (SSSR count). The summed E-state index contributed by atoms with van der Waals surface area (Å²) in [5, 5.41) is 7.83. The van der Waals surface area contributed by atoms with Crippen LogP contribution in [0.4, 0.5) is 5.69 Å². The van der Waals surface area contributed by atoms with E-state index in [-0.39, 0.29) is 28.3 Å². The molecule has 2 aliphatic rings. The van der Waals surface area contributed by atoms with Gasteiger partial charge in [0.2, 0.25) is 10.0 Å². The molecule has 30 heavy (non-hydrogen) atoms. The lowest BCUT2D eigenvalue weighted by Crippen LogP contribution is -2.52. The maximum Gasteiger partial charge on any atom is 0.272 e. The number of nitrogens with one attached hydrogen (secondary N) is 2. The average Bonchev–Trinajstić information content (AvgIpc) is 3.09. The summed E-state index contributed by atoms with van der Waals surface area (Å²) < 4.78 is 29.6. The Balaban J connectivity index is 1.44. The summed E-state index contributed by atoms with van der Waals surface area (Å²) in [5.41, 5.74) is 1.99. The quantitative estimate of drug-likeness (QED) is 0.761. The number of aryl methyl sites for hydroxylation is 1. The highest BCUT2D eigenvalue weighted by atomic mass is 32.2. The first-order valence-electron chi connectivity index (χ1n) is 10.3. The third kappa shape index (κ3) is 3.83. The molecule has 1 saturated heterocycles. The Morgan fingerprint density at radius 1 is 1.17 bits per heavy atom. The smallest absolute Gasteiger partial charge is 0.272 e. The van der Waals surface area contributed by atoms with Crippen molar-refractivity contribution in [3.8, 4) is 0 Å². The Bertz CT molecular complexity index is 1060. The van der Waals surface area contributed by atoms with Crippen LogP contribution in [0, 0.1) is 5.92 Å². The van der Waals surface area contributed by atoms with Crippen LogP contribution in [0.2, 0.25) is 0 Å². The van der Waals surface area contributed by atoms with Gasteiger partial charge in [-0.15, -0.1) is 0 Å². The number of nitrogens with zero attached hydrogens (tertiary/aromatic N) is 3. The number of aromatic nitrogens is 2. The standard InChI is InChI=1S/C21H29N5O3S/c1-21(2,3)18-13-16(25(4)23-18)20(27)26-11-9-14(10-12-26)19-22-15-7-5-6-8-17(15)30(28,29)24-19/h5-8,13-14,19,22,24H,9-12H2,1-4H3/t19-/m0/s1. The van der Waals surface area contributed by atoms with Gasteiger partial charge in [0, 0.05) is 25.6 Å². The number of piperidine rings is 1. The zero-order valence-corrected chi connectivity index (χ0v) is 18.7. The molecule has 3 heterocycles. The molecule has 1 amide bonds. The number of benzene rings is 1. The van der Waals surface area contributed by atoms with Crippen LogP contribution in [-0.2, 0) is 22.5 Å². The van der Waals surface area contributed by atoms with E-state index in [0.717, 1.165) is 18.5 Å². The van der Waals surface area contributed by atoms with Crippen LogP contribution in [0.1, 0.15) is 49.8 Å². The number of rotatable bonds is 2. The number of hydrogen-bond acceptors (Lipinski definition) is 5. The van der Waals surface area contributed by atoms with Crippen molar-refractivity contribution in [2.45, 2.75) is 50.1 Å². The predicted octanol–water partition coefficient (Wildman–Crippen LogP) is 2.30. The first-order chi connectivity index (χ1) is 14.1. The summed E-state index contributed by atoms with van der Waals surface area (Å²) >= 11 is 0. The number of hydrogen-bond donors (Lipinski definition) is 2. The number of carbonyl (C=O) groups excluding carboxylic acids is 1. The van der Waals surface area contributed by atoms with Gasteiger partial charge in [0.05, 0.1) is 17.5 Å². The summed E-state index contributed by atoms with van der Waals surface area (Å²) in [6.07, 6.45) is 1.07. The molecule has 0 spiro atoms. The van der Waals surface area contributed by atoms with Gasteiger partial charge in [-0.3, -0.25) is 9.48 Å².